The van der Waals surface area contributed by atoms with Gasteiger partial charge in [-0.3, -0.25) is 0 Å². The maximum Gasteiger partial charge on any atom is 0.125 e. The molecule has 0 radical (unpaired) electrons. The number of hydrogen-bond acceptors (Lipinski definition) is 6. The van der Waals surface area contributed by atoms with E-state index in [1.165, 1.54) is 33.9 Å². The van der Waals surface area contributed by atoms with Gasteiger partial charge in [-0.1, -0.05) is 31.7 Å². The zero-order chi connectivity index (χ0) is 23.0. The quantitative estimate of drug-likeness (QED) is 0.600. The van der Waals surface area contributed by atoms with Crippen LogP contribution in [0, 0.1) is 0 Å². The van der Waals surface area contributed by atoms with Crippen LogP contribution in [0.5, 0.6) is 0 Å². The fourth-order valence-corrected chi connectivity index (χ4v) is 3.61. The number of nitrogens with one attached hydrogen (secondary N) is 3. The van der Waals surface area contributed by atoms with E-state index in [2.05, 4.69) is 121 Å². The highest BCUT2D eigenvalue weighted by Gasteiger charge is 2.26. The van der Waals surface area contributed by atoms with Gasteiger partial charge in [0.05, 0.1) is 11.4 Å². The molecule has 6 heteroatoms. The minimum atomic E-state index is 0. The molecule has 2 aromatic rings. The monoisotopic (exact) mass is 440 g/mol. The van der Waals surface area contributed by atoms with Crippen molar-refractivity contribution in [2.24, 2.45) is 0 Å². The van der Waals surface area contributed by atoms with Crippen molar-refractivity contribution in [3.63, 3.8) is 0 Å². The Morgan fingerprint density at radius 3 is 1.97 bits per heavy atom. The Morgan fingerprint density at radius 2 is 1.50 bits per heavy atom. The Hall–Kier alpha value is -2.70. The summed E-state index contributed by atoms with van der Waals surface area (Å²) in [7, 11) is 14.3. The van der Waals surface area contributed by atoms with Gasteiger partial charge in [0.1, 0.15) is 6.17 Å². The summed E-state index contributed by atoms with van der Waals surface area (Å²) >= 11 is 0. The smallest absolute Gasteiger partial charge is 0.125 e. The van der Waals surface area contributed by atoms with Crippen LogP contribution in [0.15, 0.2) is 59.8 Å². The van der Waals surface area contributed by atoms with Gasteiger partial charge < -0.3 is 30.7 Å². The van der Waals surface area contributed by atoms with Crippen LogP contribution in [0.25, 0.3) is 0 Å². The largest absolute Gasteiger partial charge is 0.381 e. The van der Waals surface area contributed by atoms with Gasteiger partial charge in [0.25, 0.3) is 0 Å². The molecule has 1 heterocycles. The summed E-state index contributed by atoms with van der Waals surface area (Å²) in [5, 5.41) is 9.89. The van der Waals surface area contributed by atoms with Gasteiger partial charge in [-0.25, -0.2) is 0 Å². The molecule has 2 aromatic carbocycles. The SMILES string of the molecule is C.CN(C)c1ccc(C2Nc3ccccc3N2C)cc1.CNCC(CNC)=C(C)N(C)C. The van der Waals surface area contributed by atoms with Crippen LogP contribution >= 0.6 is 0 Å². The van der Waals surface area contributed by atoms with E-state index in [-0.39, 0.29) is 13.6 Å². The van der Waals surface area contributed by atoms with Crippen molar-refractivity contribution in [2.75, 3.05) is 77.5 Å². The molecule has 1 atom stereocenters. The number of benzene rings is 2. The number of rotatable bonds is 7. The topological polar surface area (TPSA) is 45.8 Å². The van der Waals surface area contributed by atoms with Crippen LogP contribution in [0.4, 0.5) is 17.1 Å². The minimum absolute atomic E-state index is 0. The lowest BCUT2D eigenvalue weighted by Gasteiger charge is -2.23. The number of para-hydroxylation sites is 2. The molecule has 0 aliphatic carbocycles. The van der Waals surface area contributed by atoms with Gasteiger partial charge in [-0.05, 0) is 56.4 Å². The lowest BCUT2D eigenvalue weighted by Crippen LogP contribution is -2.24. The van der Waals surface area contributed by atoms with Gasteiger partial charge in [0.2, 0.25) is 0 Å². The van der Waals surface area contributed by atoms with E-state index in [1.807, 2.05) is 14.1 Å². The van der Waals surface area contributed by atoms with Gasteiger partial charge in [-0.2, -0.15) is 0 Å². The van der Waals surface area contributed by atoms with E-state index in [9.17, 15) is 0 Å². The number of hydrogen-bond donors (Lipinski definition) is 3. The molecule has 0 amide bonds. The maximum absolute atomic E-state index is 3.56. The molecule has 0 aromatic heterocycles. The number of allylic oxidation sites excluding steroid dienone is 1. The molecule has 1 aliphatic heterocycles. The van der Waals surface area contributed by atoms with Crippen molar-refractivity contribution >= 4 is 17.1 Å². The average Bonchev–Trinajstić information content (AvgIpc) is 3.10. The van der Waals surface area contributed by atoms with Gasteiger partial charge in [-0.15, -0.1) is 0 Å². The molecule has 0 bridgehead atoms. The second kappa shape index (κ2) is 13.0. The van der Waals surface area contributed by atoms with E-state index in [1.54, 1.807) is 0 Å². The molecule has 1 aliphatic rings. The predicted molar refractivity (Wildman–Crippen MR) is 143 cm³/mol. The zero-order valence-electron chi connectivity index (χ0n) is 20.5. The second-order valence-electron chi connectivity index (χ2n) is 8.30. The van der Waals surface area contributed by atoms with E-state index in [4.69, 9.17) is 0 Å². The predicted octanol–water partition coefficient (Wildman–Crippen LogP) is 4.21. The normalized spacial score (nSPS) is 13.8. The summed E-state index contributed by atoms with van der Waals surface area (Å²) in [6, 6.07) is 17.1. The number of anilines is 3. The summed E-state index contributed by atoms with van der Waals surface area (Å²) in [5.41, 5.74) is 7.70. The molecular formula is C26H44N6. The summed E-state index contributed by atoms with van der Waals surface area (Å²) in [4.78, 5) is 6.54. The Morgan fingerprint density at radius 1 is 0.938 bits per heavy atom. The van der Waals surface area contributed by atoms with Crippen LogP contribution in [0.3, 0.4) is 0 Å². The summed E-state index contributed by atoms with van der Waals surface area (Å²) in [6.07, 6.45) is 0.216. The molecule has 0 spiro atoms. The third-order valence-corrected chi connectivity index (χ3v) is 5.65. The third kappa shape index (κ3) is 6.90. The molecule has 32 heavy (non-hydrogen) atoms. The minimum Gasteiger partial charge on any atom is -0.381 e. The first-order chi connectivity index (χ1) is 14.8. The van der Waals surface area contributed by atoms with Crippen molar-refractivity contribution in [1.29, 1.82) is 0 Å². The molecule has 1 unspecified atom stereocenters. The standard InChI is InChI=1S/C16H19N3.C9H21N3.CH4/c1-18(2)13-10-8-12(9-11-13)16-17-14-6-4-5-7-15(14)19(16)3;1-8(12(4)5)9(6-10-2)7-11-3;/h4-11,16-17H,1-3H3;10-11H,6-7H2,1-5H3;1H4. The van der Waals surface area contributed by atoms with E-state index in [0.717, 1.165) is 13.1 Å². The van der Waals surface area contributed by atoms with E-state index in [0.29, 0.717) is 0 Å². The first-order valence-corrected chi connectivity index (χ1v) is 10.8. The van der Waals surface area contributed by atoms with Crippen LogP contribution < -0.4 is 25.8 Å². The molecule has 0 saturated carbocycles. The van der Waals surface area contributed by atoms with Crippen molar-refractivity contribution in [2.45, 2.75) is 20.5 Å². The van der Waals surface area contributed by atoms with Crippen molar-refractivity contribution in [3.05, 3.63) is 65.4 Å². The highest BCUT2D eigenvalue weighted by atomic mass is 15.3. The maximum atomic E-state index is 3.56. The molecular weight excluding hydrogens is 396 g/mol. The Labute approximate surface area is 196 Å². The molecule has 0 fully saturated rings. The number of nitrogens with zero attached hydrogens (tertiary/aromatic N) is 3. The third-order valence-electron chi connectivity index (χ3n) is 5.65. The lowest BCUT2D eigenvalue weighted by atomic mass is 10.1. The highest BCUT2D eigenvalue weighted by Crippen LogP contribution is 2.39. The average molecular weight is 441 g/mol. The fourth-order valence-electron chi connectivity index (χ4n) is 3.61. The van der Waals surface area contributed by atoms with E-state index < -0.39 is 0 Å². The second-order valence-corrected chi connectivity index (χ2v) is 8.30. The van der Waals surface area contributed by atoms with Crippen LogP contribution in [0.1, 0.15) is 26.1 Å². The number of likely N-dealkylation sites (N-methyl/N-ethyl adjacent to an activating group) is 2. The summed E-state index contributed by atoms with van der Waals surface area (Å²) < 4.78 is 0. The molecule has 6 nitrogen and oxygen atoms in total. The number of fused-ring (bicyclic) bond motifs is 1. The Bertz CT molecular complexity index is 834. The Balaban J connectivity index is 0.000000346. The van der Waals surface area contributed by atoms with Crippen LogP contribution in [0.2, 0.25) is 0 Å². The first-order valence-electron chi connectivity index (χ1n) is 10.8. The van der Waals surface area contributed by atoms with Crippen molar-refractivity contribution in [1.82, 2.24) is 15.5 Å². The van der Waals surface area contributed by atoms with Gasteiger partial charge in [0.15, 0.2) is 0 Å². The summed E-state index contributed by atoms with van der Waals surface area (Å²) in [5.74, 6) is 0. The fraction of sp³-hybridized carbons (Fsp3) is 0.462. The summed E-state index contributed by atoms with van der Waals surface area (Å²) in [6.45, 7) is 4.04. The van der Waals surface area contributed by atoms with Gasteiger partial charge in [0, 0.05) is 59.7 Å². The van der Waals surface area contributed by atoms with E-state index >= 15 is 0 Å². The molecule has 3 N–H and O–H groups in total. The molecule has 178 valence electrons. The Kier molecular flexibility index (Phi) is 11.1. The highest BCUT2D eigenvalue weighted by molar-refractivity contribution is 5.76. The van der Waals surface area contributed by atoms with Crippen LogP contribution in [-0.4, -0.2) is 67.3 Å². The van der Waals surface area contributed by atoms with Crippen LogP contribution in [-0.2, 0) is 0 Å². The molecule has 0 saturated heterocycles. The zero-order valence-corrected chi connectivity index (χ0v) is 20.5. The first kappa shape index (κ1) is 27.3. The van der Waals surface area contributed by atoms with Crippen molar-refractivity contribution < 1.29 is 0 Å². The van der Waals surface area contributed by atoms with Gasteiger partial charge >= 0.3 is 0 Å². The molecule has 3 rings (SSSR count). The lowest BCUT2D eigenvalue weighted by molar-refractivity contribution is 0.500. The van der Waals surface area contributed by atoms with Crippen molar-refractivity contribution in [3.8, 4) is 0 Å².